The molecule has 626 valence electrons. The van der Waals surface area contributed by atoms with Gasteiger partial charge in [-0.3, -0.25) is 81.7 Å². The molecule has 46 nitrogen and oxygen atoms in total. The topological polar surface area (TPSA) is 667 Å². The molecule has 46 heteroatoms. The second kappa shape index (κ2) is 48.5. The van der Waals surface area contributed by atoms with Crippen molar-refractivity contribution < 1.29 is 168 Å². The van der Waals surface area contributed by atoms with Crippen LogP contribution in [0.15, 0.2) is 4.99 Å². The van der Waals surface area contributed by atoms with E-state index in [1.165, 1.54) is 0 Å². The fourth-order valence-electron chi connectivity index (χ4n) is 11.1. The normalized spacial score (nSPS) is 24.3. The minimum Gasteiger partial charge on any atom is -0.480 e. The molecule has 3 rings (SSSR count). The number of nitrogens with two attached hydrogens (primary N) is 4. The molecule has 6 amide bonds. The Morgan fingerprint density at radius 3 is 1.12 bits per heavy atom. The van der Waals surface area contributed by atoms with Crippen molar-refractivity contribution in [2.75, 3.05) is 65.8 Å². The average Bonchev–Trinajstić information content (AvgIpc) is 0.757. The summed E-state index contributed by atoms with van der Waals surface area (Å²) >= 11 is 0. The summed E-state index contributed by atoms with van der Waals surface area (Å²) in [5, 5.41) is 32.4. The van der Waals surface area contributed by atoms with Crippen molar-refractivity contribution in [3.63, 3.8) is 0 Å². The van der Waals surface area contributed by atoms with E-state index in [2.05, 4.69) is 31.6 Å². The van der Waals surface area contributed by atoms with Crippen LogP contribution in [0.2, 0.25) is 0 Å². The number of nitrogens with zero attached hydrogens (tertiary/aromatic N) is 1. The molecular formula is C65H101N11O35. The van der Waals surface area contributed by atoms with E-state index in [1.54, 1.807) is 0 Å². The molecule has 0 spiro atoms. The van der Waals surface area contributed by atoms with Crippen molar-refractivity contribution >= 4 is 107 Å². The second-order valence-electron chi connectivity index (χ2n) is 25.0. The number of nitrogens with one attached hydrogen (secondary N) is 6. The summed E-state index contributed by atoms with van der Waals surface area (Å²) in [5.41, 5.74) is 22.5. The number of carbonyl (C=O) groups excluding carboxylic acids is 16. The number of hydrogen-bond donors (Lipinski definition) is 12. The number of carbonyl (C=O) groups is 17. The fraction of sp³-hybridized carbons (Fsp3) is 0.723. The van der Waals surface area contributed by atoms with Crippen molar-refractivity contribution in [1.82, 2.24) is 31.9 Å². The van der Waals surface area contributed by atoms with Gasteiger partial charge in [0.1, 0.15) is 81.1 Å². The van der Waals surface area contributed by atoms with Crippen molar-refractivity contribution in [3.05, 3.63) is 0 Å². The molecule has 0 radical (unpaired) electrons. The lowest BCUT2D eigenvalue weighted by molar-refractivity contribution is -0.380. The molecule has 16 N–H and O–H groups in total. The highest BCUT2D eigenvalue weighted by Crippen LogP contribution is 2.38. The van der Waals surface area contributed by atoms with Crippen LogP contribution < -0.4 is 54.8 Å². The molecule has 15 unspecified atom stereocenters. The fourth-order valence-corrected chi connectivity index (χ4v) is 11.1. The summed E-state index contributed by atoms with van der Waals surface area (Å²) in [6.07, 6.45) is -29.1. The van der Waals surface area contributed by atoms with Crippen molar-refractivity contribution in [1.29, 1.82) is 0 Å². The number of aliphatic carboxylic acids is 1. The SMILES string of the molecule is CC(=O)OCC1OC(OC2C(COC(C)=O)OC(OC3C(COC(C)=O)OC(OCC(=O)N[C@@H](CCCCN)C(=O)N[C@@H](CCCCN)C(=O)N[C@@H](CCCN=C(N)N)C(=O)NCC(=O)NCC(=O)N[C@@H](CO)C(=O)O)C(OC(C)=O)C3OC(C)=O)C(OC(C)=O)C2OC(C)=O)C(OC(C)=O)C(OC(C)=O)C1OC(C)=O. The van der Waals surface area contributed by atoms with Gasteiger partial charge in [0, 0.05) is 75.8 Å². The third-order valence-electron chi connectivity index (χ3n) is 15.6. The van der Waals surface area contributed by atoms with Crippen molar-refractivity contribution in [2.45, 2.75) is 237 Å². The van der Waals surface area contributed by atoms with E-state index in [4.69, 9.17) is 104 Å². The molecule has 0 bridgehead atoms. The predicted octanol–water partition coefficient (Wildman–Crippen LogP) is -7.28. The van der Waals surface area contributed by atoms with E-state index in [0.717, 1.165) is 69.2 Å². The molecule has 0 saturated carbocycles. The molecule has 3 heterocycles. The van der Waals surface area contributed by atoms with Gasteiger partial charge in [-0.25, -0.2) is 4.79 Å². The first-order valence-corrected chi connectivity index (χ1v) is 34.8. The maximum Gasteiger partial charge on any atom is 0.328 e. The number of carboxylic acid groups (broad SMARTS) is 1. The number of amides is 6. The largest absolute Gasteiger partial charge is 0.480 e. The Labute approximate surface area is 635 Å². The van der Waals surface area contributed by atoms with Gasteiger partial charge in [0.25, 0.3) is 0 Å². The van der Waals surface area contributed by atoms with Gasteiger partial charge in [-0.05, 0) is 64.5 Å². The zero-order valence-corrected chi connectivity index (χ0v) is 62.8. The van der Waals surface area contributed by atoms with Crippen LogP contribution >= 0.6 is 0 Å². The molecule has 3 aliphatic rings. The summed E-state index contributed by atoms with van der Waals surface area (Å²) in [5.74, 6) is -18.4. The summed E-state index contributed by atoms with van der Waals surface area (Å²) in [6, 6.07) is -6.12. The Hall–Kier alpha value is -10.1. The number of rotatable bonds is 45. The third kappa shape index (κ3) is 34.4. The number of carboxylic acids is 1. The molecule has 0 aromatic heterocycles. The monoisotopic (exact) mass is 1600 g/mol. The standard InChI is InChI=1S/C65H101N11O35/c1-29(78)96-25-43-49(100-32(4)81)52(101-33(5)82)56(105-37(9)86)63(108-43)111-51-45(27-98-31(3)80)109-64(57(106-38(10)87)54(51)103-35(7)84)110-50-44(26-97-30(2)79)107-62(55(104-36(8)85)53(50)102-34(6)83)99-28-48(90)73-40(16-11-13-19-66)59(92)76-41(17-12-14-20-67)60(93)75-39(18-15-21-70-65(68)69)58(91)72-22-46(88)71-23-47(89)74-42(24-77)61(94)95/h39-45,49-57,62-64,77H,11-28,66-67H2,1-10H3,(H,71,88)(H,72,91)(H,73,90)(H,74,89)(H,75,93)(H,76,92)(H,94,95)(H4,68,69,70)/t39-,40-,41-,42-,43?,44?,45?,49?,50?,51?,52?,53?,54?,55?,56?,57?,62?,63?,64?/m0/s1. The molecular weight excluding hydrogens is 1490 g/mol. The highest BCUT2D eigenvalue weighted by molar-refractivity contribution is 5.95. The van der Waals surface area contributed by atoms with Gasteiger partial charge >= 0.3 is 65.7 Å². The van der Waals surface area contributed by atoms with Gasteiger partial charge in [0.05, 0.1) is 19.7 Å². The first-order chi connectivity index (χ1) is 52.3. The number of unbranched alkanes of at least 4 members (excludes halogenated alkanes) is 2. The van der Waals surface area contributed by atoms with Crippen LogP contribution in [-0.4, -0.2) is 299 Å². The number of aliphatic imine (C=N–C) groups is 1. The lowest BCUT2D eigenvalue weighted by Gasteiger charge is -2.50. The van der Waals surface area contributed by atoms with Crippen LogP contribution in [0.3, 0.4) is 0 Å². The number of aliphatic hydroxyl groups is 1. The summed E-state index contributed by atoms with van der Waals surface area (Å²) < 4.78 is 93.2. The zero-order valence-electron chi connectivity index (χ0n) is 62.8. The number of hydrogen-bond acceptors (Lipinski definition) is 37. The quantitative estimate of drug-likeness (QED) is 0.00886. The molecule has 0 aliphatic carbocycles. The Morgan fingerprint density at radius 2 is 0.730 bits per heavy atom. The number of guanidine groups is 1. The highest BCUT2D eigenvalue weighted by atomic mass is 16.8. The Morgan fingerprint density at radius 1 is 0.387 bits per heavy atom. The Bertz CT molecular complexity index is 3250. The van der Waals surface area contributed by atoms with Gasteiger partial charge in [0.2, 0.25) is 35.4 Å². The van der Waals surface area contributed by atoms with Gasteiger partial charge in [-0.1, -0.05) is 0 Å². The van der Waals surface area contributed by atoms with Gasteiger partial charge < -0.3 is 141 Å². The van der Waals surface area contributed by atoms with E-state index in [0.29, 0.717) is 12.8 Å². The molecule has 3 fully saturated rings. The minimum absolute atomic E-state index is 0.0434. The lowest BCUT2D eigenvalue weighted by atomic mass is 9.95. The predicted molar refractivity (Wildman–Crippen MR) is 365 cm³/mol. The Balaban J connectivity index is 2.14. The molecule has 3 saturated heterocycles. The van der Waals surface area contributed by atoms with Crippen LogP contribution in [0.4, 0.5) is 0 Å². The Kier molecular flexibility index (Phi) is 41.6. The highest BCUT2D eigenvalue weighted by Gasteiger charge is 2.60. The van der Waals surface area contributed by atoms with Crippen LogP contribution in [0.25, 0.3) is 0 Å². The third-order valence-corrected chi connectivity index (χ3v) is 15.6. The van der Waals surface area contributed by atoms with Crippen molar-refractivity contribution in [2.24, 2.45) is 27.9 Å². The van der Waals surface area contributed by atoms with E-state index in [-0.39, 0.29) is 64.1 Å². The average molecular weight is 1600 g/mol. The van der Waals surface area contributed by atoms with Crippen LogP contribution in [0, 0.1) is 0 Å². The van der Waals surface area contributed by atoms with Gasteiger partial charge in [0.15, 0.2) is 67.6 Å². The van der Waals surface area contributed by atoms with Gasteiger partial charge in [-0.15, -0.1) is 0 Å². The van der Waals surface area contributed by atoms with E-state index in [9.17, 15) is 86.6 Å². The van der Waals surface area contributed by atoms with E-state index >= 15 is 0 Å². The first kappa shape index (κ1) is 95.1. The molecule has 19 atom stereocenters. The minimum atomic E-state index is -2.23. The van der Waals surface area contributed by atoms with E-state index < -0.39 is 264 Å². The molecule has 3 aliphatic heterocycles. The van der Waals surface area contributed by atoms with Gasteiger partial charge in [-0.2, -0.15) is 0 Å². The van der Waals surface area contributed by atoms with Crippen LogP contribution in [0.1, 0.15) is 121 Å². The molecule has 0 aromatic carbocycles. The maximum absolute atomic E-state index is 14.5. The summed E-state index contributed by atoms with van der Waals surface area (Å²) in [7, 11) is 0. The second-order valence-corrected chi connectivity index (χ2v) is 25.0. The smallest absolute Gasteiger partial charge is 0.328 e. The lowest BCUT2D eigenvalue weighted by Crippen LogP contribution is -2.69. The first-order valence-electron chi connectivity index (χ1n) is 34.8. The number of ether oxygens (including phenoxy) is 16. The number of esters is 10. The van der Waals surface area contributed by atoms with Crippen molar-refractivity contribution in [3.8, 4) is 0 Å². The maximum atomic E-state index is 14.5. The van der Waals surface area contributed by atoms with Crippen LogP contribution in [0.5, 0.6) is 0 Å². The molecule has 0 aromatic rings. The summed E-state index contributed by atoms with van der Waals surface area (Å²) in [6.45, 7) is 3.28. The zero-order chi connectivity index (χ0) is 83.4. The number of aliphatic hydroxyl groups excluding tert-OH is 1. The molecule has 111 heavy (non-hydrogen) atoms. The van der Waals surface area contributed by atoms with E-state index in [1.807, 2.05) is 5.32 Å². The van der Waals surface area contributed by atoms with Crippen LogP contribution in [-0.2, 0) is 157 Å². The summed E-state index contributed by atoms with van der Waals surface area (Å²) in [4.78, 5) is 226.